The first kappa shape index (κ1) is 11.8. The normalized spacial score (nSPS) is 18.6. The Morgan fingerprint density at radius 1 is 1.24 bits per heavy atom. The average Bonchev–Trinajstić information content (AvgIpc) is 2.30. The molecule has 1 aromatic heterocycles. The number of amides is 1. The quantitative estimate of drug-likeness (QED) is 0.665. The molecule has 1 aromatic rings. The van der Waals surface area contributed by atoms with E-state index in [1.54, 1.807) is 0 Å². The average molecular weight is 235 g/mol. The topological polar surface area (TPSA) is 107 Å². The Kier molecular flexibility index (Phi) is 3.23. The monoisotopic (exact) mass is 235 g/mol. The molecular weight excluding hydrogens is 218 g/mol. The number of anilines is 1. The summed E-state index contributed by atoms with van der Waals surface area (Å²) in [4.78, 5) is 18.9. The summed E-state index contributed by atoms with van der Waals surface area (Å²) in [6, 6.07) is 0. The van der Waals surface area contributed by atoms with E-state index in [0.29, 0.717) is 11.5 Å². The number of nitrogens with one attached hydrogen (secondary N) is 1. The molecular formula is C11H17N5O. The van der Waals surface area contributed by atoms with E-state index >= 15 is 0 Å². The molecule has 0 aromatic carbocycles. The predicted molar refractivity (Wildman–Crippen MR) is 64.2 cm³/mol. The first-order chi connectivity index (χ1) is 8.09. The van der Waals surface area contributed by atoms with Gasteiger partial charge in [-0.05, 0) is 25.7 Å². The van der Waals surface area contributed by atoms with Crippen LogP contribution in [0, 0.1) is 0 Å². The van der Waals surface area contributed by atoms with Crippen molar-refractivity contribution in [2.45, 2.75) is 37.8 Å². The number of carbonyl (C=O) groups is 1. The predicted octanol–water partition coefficient (Wildman–Crippen LogP) is 0.606. The molecule has 6 nitrogen and oxygen atoms in total. The van der Waals surface area contributed by atoms with Crippen LogP contribution in [0.4, 0.5) is 5.95 Å². The van der Waals surface area contributed by atoms with E-state index in [2.05, 4.69) is 15.3 Å². The molecule has 0 radical (unpaired) electrons. The fraction of sp³-hybridized carbons (Fsp3) is 0.545. The highest BCUT2D eigenvalue weighted by molar-refractivity contribution is 5.92. The molecule has 6 heteroatoms. The van der Waals surface area contributed by atoms with Crippen LogP contribution in [0.5, 0.6) is 0 Å². The van der Waals surface area contributed by atoms with Gasteiger partial charge in [-0.1, -0.05) is 6.42 Å². The third kappa shape index (κ3) is 2.91. The Labute approximate surface area is 99.8 Å². The summed E-state index contributed by atoms with van der Waals surface area (Å²) in [5, 5.41) is 3.13. The standard InChI is InChI=1S/C11H17N5O/c12-9(17)8-6-14-10(15-7-8)16-11(13)4-2-1-3-5-11/h6-7H,1-5,13H2,(H2,12,17)(H,14,15,16). The van der Waals surface area contributed by atoms with Crippen LogP contribution < -0.4 is 16.8 Å². The minimum Gasteiger partial charge on any atom is -0.366 e. The molecule has 0 bridgehead atoms. The number of primary amides is 1. The molecule has 5 N–H and O–H groups in total. The van der Waals surface area contributed by atoms with E-state index in [1.165, 1.54) is 18.8 Å². The van der Waals surface area contributed by atoms with E-state index in [0.717, 1.165) is 25.7 Å². The lowest BCUT2D eigenvalue weighted by Gasteiger charge is -2.34. The second-order valence-corrected chi connectivity index (χ2v) is 4.50. The van der Waals surface area contributed by atoms with Crippen molar-refractivity contribution in [3.63, 3.8) is 0 Å². The maximum absolute atomic E-state index is 10.9. The van der Waals surface area contributed by atoms with E-state index in [4.69, 9.17) is 11.5 Å². The fourth-order valence-corrected chi connectivity index (χ4v) is 2.05. The zero-order chi connectivity index (χ0) is 12.3. The summed E-state index contributed by atoms with van der Waals surface area (Å²) < 4.78 is 0. The van der Waals surface area contributed by atoms with Gasteiger partial charge in [0.25, 0.3) is 5.91 Å². The number of nitrogens with two attached hydrogens (primary N) is 2. The van der Waals surface area contributed by atoms with Gasteiger partial charge in [-0.3, -0.25) is 4.79 Å². The van der Waals surface area contributed by atoms with Gasteiger partial charge in [0.2, 0.25) is 5.95 Å². The summed E-state index contributed by atoms with van der Waals surface area (Å²) in [7, 11) is 0. The lowest BCUT2D eigenvalue weighted by Crippen LogP contribution is -2.49. The number of hydrogen-bond donors (Lipinski definition) is 3. The zero-order valence-corrected chi connectivity index (χ0v) is 9.65. The molecule has 0 atom stereocenters. The van der Waals surface area contributed by atoms with Crippen LogP contribution in [0.25, 0.3) is 0 Å². The van der Waals surface area contributed by atoms with Crippen LogP contribution in [-0.4, -0.2) is 21.5 Å². The van der Waals surface area contributed by atoms with E-state index in [1.807, 2.05) is 0 Å². The van der Waals surface area contributed by atoms with Crippen molar-refractivity contribution in [3.8, 4) is 0 Å². The molecule has 0 spiro atoms. The third-order valence-electron chi connectivity index (χ3n) is 3.04. The molecule has 2 rings (SSSR count). The Hall–Kier alpha value is -1.69. The number of hydrogen-bond acceptors (Lipinski definition) is 5. The van der Waals surface area contributed by atoms with Gasteiger partial charge in [-0.2, -0.15) is 0 Å². The lowest BCUT2D eigenvalue weighted by atomic mass is 9.90. The van der Waals surface area contributed by atoms with Crippen LogP contribution in [0.1, 0.15) is 42.5 Å². The lowest BCUT2D eigenvalue weighted by molar-refractivity contribution is 0.0999. The minimum atomic E-state index is -0.531. The van der Waals surface area contributed by atoms with Crippen molar-refractivity contribution in [3.05, 3.63) is 18.0 Å². The smallest absolute Gasteiger partial charge is 0.251 e. The molecule has 1 fully saturated rings. The Bertz CT molecular complexity index is 397. The number of rotatable bonds is 3. The Morgan fingerprint density at radius 3 is 2.35 bits per heavy atom. The summed E-state index contributed by atoms with van der Waals surface area (Å²) in [5.41, 5.74) is 11.2. The Balaban J connectivity index is 2.05. The number of nitrogens with zero attached hydrogens (tertiary/aromatic N) is 2. The summed E-state index contributed by atoms with van der Waals surface area (Å²) >= 11 is 0. The van der Waals surface area contributed by atoms with Crippen molar-refractivity contribution in [2.75, 3.05) is 5.32 Å². The second kappa shape index (κ2) is 4.67. The molecule has 0 unspecified atom stereocenters. The summed E-state index contributed by atoms with van der Waals surface area (Å²) in [6.07, 6.45) is 8.09. The fourth-order valence-electron chi connectivity index (χ4n) is 2.05. The largest absolute Gasteiger partial charge is 0.366 e. The molecule has 1 aliphatic rings. The van der Waals surface area contributed by atoms with Crippen molar-refractivity contribution in [1.29, 1.82) is 0 Å². The van der Waals surface area contributed by atoms with Gasteiger partial charge in [0.15, 0.2) is 0 Å². The highest BCUT2D eigenvalue weighted by Gasteiger charge is 2.27. The van der Waals surface area contributed by atoms with Crippen LogP contribution in [0.2, 0.25) is 0 Å². The zero-order valence-electron chi connectivity index (χ0n) is 9.65. The van der Waals surface area contributed by atoms with Gasteiger partial charge in [0.1, 0.15) is 0 Å². The van der Waals surface area contributed by atoms with Gasteiger partial charge in [0.05, 0.1) is 11.2 Å². The highest BCUT2D eigenvalue weighted by Crippen LogP contribution is 2.26. The SMILES string of the molecule is NC(=O)c1cnc(NC2(N)CCCCC2)nc1. The molecule has 0 aliphatic heterocycles. The van der Waals surface area contributed by atoms with E-state index < -0.39 is 11.6 Å². The molecule has 17 heavy (non-hydrogen) atoms. The maximum atomic E-state index is 10.9. The highest BCUT2D eigenvalue weighted by atomic mass is 16.1. The molecule has 0 saturated heterocycles. The first-order valence-corrected chi connectivity index (χ1v) is 5.78. The van der Waals surface area contributed by atoms with Gasteiger partial charge in [-0.15, -0.1) is 0 Å². The molecule has 1 amide bonds. The van der Waals surface area contributed by atoms with E-state index in [9.17, 15) is 4.79 Å². The van der Waals surface area contributed by atoms with Crippen molar-refractivity contribution < 1.29 is 4.79 Å². The molecule has 1 heterocycles. The van der Waals surface area contributed by atoms with E-state index in [-0.39, 0.29) is 0 Å². The van der Waals surface area contributed by atoms with Crippen molar-refractivity contribution in [1.82, 2.24) is 9.97 Å². The molecule has 92 valence electrons. The van der Waals surface area contributed by atoms with Crippen LogP contribution >= 0.6 is 0 Å². The van der Waals surface area contributed by atoms with Gasteiger partial charge in [0, 0.05) is 12.4 Å². The third-order valence-corrected chi connectivity index (χ3v) is 3.04. The van der Waals surface area contributed by atoms with Crippen molar-refractivity contribution >= 4 is 11.9 Å². The van der Waals surface area contributed by atoms with Crippen molar-refractivity contribution in [2.24, 2.45) is 11.5 Å². The summed E-state index contributed by atoms with van der Waals surface area (Å²) in [6.45, 7) is 0. The van der Waals surface area contributed by atoms with Crippen LogP contribution in [-0.2, 0) is 0 Å². The van der Waals surface area contributed by atoms with Gasteiger partial charge in [-0.25, -0.2) is 9.97 Å². The van der Waals surface area contributed by atoms with Crippen LogP contribution in [0.15, 0.2) is 12.4 Å². The van der Waals surface area contributed by atoms with Crippen LogP contribution in [0.3, 0.4) is 0 Å². The minimum absolute atomic E-state index is 0.297. The van der Waals surface area contributed by atoms with Gasteiger partial charge >= 0.3 is 0 Å². The van der Waals surface area contributed by atoms with Gasteiger partial charge < -0.3 is 16.8 Å². The second-order valence-electron chi connectivity index (χ2n) is 4.50. The first-order valence-electron chi connectivity index (χ1n) is 5.78. The Morgan fingerprint density at radius 2 is 1.82 bits per heavy atom. The maximum Gasteiger partial charge on any atom is 0.251 e. The molecule has 1 saturated carbocycles. The number of aromatic nitrogens is 2. The number of carbonyl (C=O) groups excluding carboxylic acids is 1. The summed E-state index contributed by atoms with van der Waals surface area (Å²) in [5.74, 6) is -0.0870. The molecule has 1 aliphatic carbocycles.